The van der Waals surface area contributed by atoms with E-state index in [1.54, 1.807) is 12.1 Å². The first-order valence-electron chi connectivity index (χ1n) is 7.36. The lowest BCUT2D eigenvalue weighted by Gasteiger charge is -2.27. The van der Waals surface area contributed by atoms with E-state index < -0.39 is 12.0 Å². The number of carboxylic acids is 1. The predicted molar refractivity (Wildman–Crippen MR) is 90.4 cm³/mol. The number of hydrogen-bond acceptors (Lipinski definition) is 3. The lowest BCUT2D eigenvalue weighted by atomic mass is 10.1. The van der Waals surface area contributed by atoms with Crippen LogP contribution in [0.5, 0.6) is 0 Å². The standard InChI is InChI=1S/C18H17NO3S/c1-12-7-9-13(10-8-12)16(20)19-15(18(21)22)11-23-17(19)14-5-3-2-4-6-14/h2-10,15,17H,11H2,1H3,(H,21,22)/t15-,17-/m1/s1. The molecule has 2 aromatic rings. The molecule has 2 aromatic carbocycles. The maximum atomic E-state index is 12.9. The Morgan fingerprint density at radius 1 is 1.09 bits per heavy atom. The van der Waals surface area contributed by atoms with E-state index >= 15 is 0 Å². The van der Waals surface area contributed by atoms with Gasteiger partial charge in [0.1, 0.15) is 11.4 Å². The summed E-state index contributed by atoms with van der Waals surface area (Å²) in [7, 11) is 0. The summed E-state index contributed by atoms with van der Waals surface area (Å²) in [5.41, 5.74) is 2.53. The van der Waals surface area contributed by atoms with Gasteiger partial charge in [0, 0.05) is 11.3 Å². The van der Waals surface area contributed by atoms with Crippen molar-refractivity contribution in [3.8, 4) is 0 Å². The van der Waals surface area contributed by atoms with Crippen molar-refractivity contribution >= 4 is 23.6 Å². The van der Waals surface area contributed by atoms with Crippen molar-refractivity contribution in [2.24, 2.45) is 0 Å². The fourth-order valence-electron chi connectivity index (χ4n) is 2.66. The van der Waals surface area contributed by atoms with Crippen LogP contribution in [0.15, 0.2) is 54.6 Å². The van der Waals surface area contributed by atoms with Crippen LogP contribution in [0.2, 0.25) is 0 Å². The number of carbonyl (C=O) groups excluding carboxylic acids is 1. The Hall–Kier alpha value is -2.27. The normalized spacial score (nSPS) is 20.5. The van der Waals surface area contributed by atoms with Crippen LogP contribution in [0.1, 0.15) is 26.9 Å². The SMILES string of the molecule is Cc1ccc(C(=O)N2[C@@H](C(=O)O)CS[C@@H]2c2ccccc2)cc1. The van der Waals surface area contributed by atoms with Crippen molar-refractivity contribution in [2.45, 2.75) is 18.3 Å². The van der Waals surface area contributed by atoms with Gasteiger partial charge in [0.25, 0.3) is 5.91 Å². The summed E-state index contributed by atoms with van der Waals surface area (Å²) in [6.45, 7) is 1.95. The van der Waals surface area contributed by atoms with Gasteiger partial charge < -0.3 is 10.0 Å². The Bertz CT molecular complexity index is 715. The molecule has 1 amide bonds. The Morgan fingerprint density at radius 2 is 1.74 bits per heavy atom. The molecule has 23 heavy (non-hydrogen) atoms. The lowest BCUT2D eigenvalue weighted by molar-refractivity contribution is -0.141. The van der Waals surface area contributed by atoms with Gasteiger partial charge in [-0.05, 0) is 24.6 Å². The number of benzene rings is 2. The smallest absolute Gasteiger partial charge is 0.327 e. The highest BCUT2D eigenvalue weighted by Crippen LogP contribution is 2.42. The highest BCUT2D eigenvalue weighted by Gasteiger charge is 2.42. The molecule has 4 nitrogen and oxygen atoms in total. The first kappa shape index (κ1) is 15.6. The fourth-order valence-corrected chi connectivity index (χ4v) is 4.08. The van der Waals surface area contributed by atoms with Gasteiger partial charge in [0.15, 0.2) is 0 Å². The van der Waals surface area contributed by atoms with Crippen LogP contribution >= 0.6 is 11.8 Å². The molecule has 1 fully saturated rings. The van der Waals surface area contributed by atoms with Gasteiger partial charge in [-0.1, -0.05) is 48.0 Å². The molecule has 5 heteroatoms. The molecule has 0 aliphatic carbocycles. The summed E-state index contributed by atoms with van der Waals surface area (Å²) in [6, 6.07) is 16.0. The van der Waals surface area contributed by atoms with E-state index in [9.17, 15) is 14.7 Å². The third kappa shape index (κ3) is 3.10. The summed E-state index contributed by atoms with van der Waals surface area (Å²) in [5, 5.41) is 9.21. The Morgan fingerprint density at radius 3 is 2.35 bits per heavy atom. The van der Waals surface area contributed by atoms with Gasteiger partial charge in [-0.3, -0.25) is 4.79 Å². The van der Waals surface area contributed by atoms with Crippen LogP contribution in [-0.4, -0.2) is 33.7 Å². The molecule has 0 spiro atoms. The highest BCUT2D eigenvalue weighted by atomic mass is 32.2. The van der Waals surface area contributed by atoms with E-state index in [-0.39, 0.29) is 11.3 Å². The molecule has 118 valence electrons. The second-order valence-electron chi connectivity index (χ2n) is 5.53. The monoisotopic (exact) mass is 327 g/mol. The number of nitrogens with zero attached hydrogens (tertiary/aromatic N) is 1. The molecule has 0 aromatic heterocycles. The number of thioether (sulfide) groups is 1. The number of aliphatic carboxylic acids is 1. The number of rotatable bonds is 3. The molecule has 0 saturated carbocycles. The lowest BCUT2D eigenvalue weighted by Crippen LogP contribution is -2.42. The van der Waals surface area contributed by atoms with Crippen molar-refractivity contribution in [3.05, 3.63) is 71.3 Å². The van der Waals surface area contributed by atoms with Gasteiger partial charge in [0.05, 0.1) is 0 Å². The number of carboxylic acid groups (broad SMARTS) is 1. The molecule has 1 saturated heterocycles. The zero-order chi connectivity index (χ0) is 16.4. The Balaban J connectivity index is 1.97. The Labute approximate surface area is 139 Å². The molecule has 1 aliphatic rings. The van der Waals surface area contributed by atoms with Gasteiger partial charge in [-0.25, -0.2) is 4.79 Å². The van der Waals surface area contributed by atoms with Crippen LogP contribution < -0.4 is 0 Å². The van der Waals surface area contributed by atoms with Crippen LogP contribution in [0.4, 0.5) is 0 Å². The minimum absolute atomic E-state index is 0.240. The minimum Gasteiger partial charge on any atom is -0.480 e. The molecule has 1 aliphatic heterocycles. The van der Waals surface area contributed by atoms with E-state index in [1.807, 2.05) is 49.4 Å². The number of carbonyl (C=O) groups is 2. The summed E-state index contributed by atoms with van der Waals surface area (Å²) in [6.07, 6.45) is 0. The number of amides is 1. The average Bonchev–Trinajstić information content (AvgIpc) is 3.01. The highest BCUT2D eigenvalue weighted by molar-refractivity contribution is 7.99. The number of aryl methyl sites for hydroxylation is 1. The molecule has 0 radical (unpaired) electrons. The van der Waals surface area contributed by atoms with E-state index in [1.165, 1.54) is 16.7 Å². The van der Waals surface area contributed by atoms with Crippen LogP contribution in [0.3, 0.4) is 0 Å². The second kappa shape index (κ2) is 6.46. The third-order valence-corrected chi connectivity index (χ3v) is 5.23. The molecule has 0 unspecified atom stereocenters. The van der Waals surface area contributed by atoms with E-state index in [0.29, 0.717) is 11.3 Å². The molecular weight excluding hydrogens is 310 g/mol. The Kier molecular flexibility index (Phi) is 4.39. The summed E-state index contributed by atoms with van der Waals surface area (Å²) in [4.78, 5) is 26.0. The first-order chi connectivity index (χ1) is 11.1. The summed E-state index contributed by atoms with van der Waals surface area (Å²) < 4.78 is 0. The van der Waals surface area contributed by atoms with Crippen molar-refractivity contribution in [1.29, 1.82) is 0 Å². The van der Waals surface area contributed by atoms with Gasteiger partial charge >= 0.3 is 5.97 Å². The zero-order valence-electron chi connectivity index (χ0n) is 12.7. The van der Waals surface area contributed by atoms with Crippen LogP contribution in [0.25, 0.3) is 0 Å². The van der Waals surface area contributed by atoms with E-state index in [2.05, 4.69) is 0 Å². The maximum Gasteiger partial charge on any atom is 0.327 e. The van der Waals surface area contributed by atoms with Gasteiger partial charge in [0.2, 0.25) is 0 Å². The fraction of sp³-hybridized carbons (Fsp3) is 0.222. The van der Waals surface area contributed by atoms with Crippen molar-refractivity contribution in [2.75, 3.05) is 5.75 Å². The minimum atomic E-state index is -0.962. The molecular formula is C18H17NO3S. The molecule has 1 N–H and O–H groups in total. The van der Waals surface area contributed by atoms with Crippen molar-refractivity contribution in [3.63, 3.8) is 0 Å². The summed E-state index contributed by atoms with van der Waals surface area (Å²) >= 11 is 1.49. The van der Waals surface area contributed by atoms with Crippen LogP contribution in [-0.2, 0) is 4.79 Å². The molecule has 3 rings (SSSR count). The molecule has 0 bridgehead atoms. The topological polar surface area (TPSA) is 57.6 Å². The molecule has 2 atom stereocenters. The van der Waals surface area contributed by atoms with Crippen LogP contribution in [0, 0.1) is 6.92 Å². The van der Waals surface area contributed by atoms with Crippen molar-refractivity contribution in [1.82, 2.24) is 4.90 Å². The summed E-state index contributed by atoms with van der Waals surface area (Å²) in [5.74, 6) is -0.806. The molecule has 1 heterocycles. The zero-order valence-corrected chi connectivity index (χ0v) is 13.5. The van der Waals surface area contributed by atoms with E-state index in [0.717, 1.165) is 11.1 Å². The first-order valence-corrected chi connectivity index (χ1v) is 8.41. The number of hydrogen-bond donors (Lipinski definition) is 1. The van der Waals surface area contributed by atoms with Gasteiger partial charge in [-0.15, -0.1) is 11.8 Å². The maximum absolute atomic E-state index is 12.9. The average molecular weight is 327 g/mol. The van der Waals surface area contributed by atoms with Crippen molar-refractivity contribution < 1.29 is 14.7 Å². The predicted octanol–water partition coefficient (Wildman–Crippen LogP) is 3.34. The second-order valence-corrected chi connectivity index (χ2v) is 6.64. The third-order valence-electron chi connectivity index (χ3n) is 3.90. The quantitative estimate of drug-likeness (QED) is 0.939. The van der Waals surface area contributed by atoms with E-state index in [4.69, 9.17) is 0 Å². The largest absolute Gasteiger partial charge is 0.480 e. The van der Waals surface area contributed by atoms with Gasteiger partial charge in [-0.2, -0.15) is 0 Å².